The number of hydrogen-bond acceptors (Lipinski definition) is 1. The molecule has 0 N–H and O–H groups in total. The van der Waals surface area contributed by atoms with Crippen molar-refractivity contribution in [1.82, 2.24) is 0 Å². The lowest BCUT2D eigenvalue weighted by atomic mass is 9.86. The van der Waals surface area contributed by atoms with Crippen LogP contribution in [-0.2, 0) is 6.42 Å². The SMILES string of the molecule is CCCC(CC)CC(C)Cc1ccc(C#Cc2ccc(C(C)=O)cc2)c(C)c1. The summed E-state index contributed by atoms with van der Waals surface area (Å²) >= 11 is 0. The smallest absolute Gasteiger partial charge is 0.159 e. The molecule has 2 atom stereocenters. The van der Waals surface area contributed by atoms with Crippen LogP contribution in [0.25, 0.3) is 0 Å². The van der Waals surface area contributed by atoms with E-state index in [1.54, 1.807) is 6.92 Å². The highest BCUT2D eigenvalue weighted by molar-refractivity contribution is 5.94. The highest BCUT2D eigenvalue weighted by atomic mass is 16.1. The molecule has 0 saturated carbocycles. The van der Waals surface area contributed by atoms with Crippen LogP contribution in [0.15, 0.2) is 42.5 Å². The van der Waals surface area contributed by atoms with Crippen LogP contribution in [0.1, 0.15) is 86.0 Å². The molecule has 0 aliphatic carbocycles. The Bertz CT molecular complexity index is 833. The maximum atomic E-state index is 11.4. The van der Waals surface area contributed by atoms with Crippen LogP contribution in [0.5, 0.6) is 0 Å². The minimum absolute atomic E-state index is 0.0834. The Hall–Kier alpha value is -2.33. The van der Waals surface area contributed by atoms with Gasteiger partial charge in [-0.2, -0.15) is 0 Å². The van der Waals surface area contributed by atoms with Crippen LogP contribution in [0, 0.1) is 30.6 Å². The summed E-state index contributed by atoms with van der Waals surface area (Å²) in [5.74, 6) is 8.16. The van der Waals surface area contributed by atoms with E-state index >= 15 is 0 Å². The first kappa shape index (κ1) is 22.0. The van der Waals surface area contributed by atoms with E-state index < -0.39 is 0 Å². The van der Waals surface area contributed by atoms with Gasteiger partial charge >= 0.3 is 0 Å². The molecular weight excluding hydrogens is 340 g/mol. The molecular formula is C27H34O. The summed E-state index contributed by atoms with van der Waals surface area (Å²) in [6, 6.07) is 14.2. The average Bonchev–Trinajstić information content (AvgIpc) is 2.67. The molecule has 0 fully saturated rings. The van der Waals surface area contributed by atoms with Crippen LogP contribution in [0.4, 0.5) is 0 Å². The van der Waals surface area contributed by atoms with Crippen molar-refractivity contribution >= 4 is 5.78 Å². The first-order valence-corrected chi connectivity index (χ1v) is 10.6. The Morgan fingerprint density at radius 1 is 1.04 bits per heavy atom. The predicted molar refractivity (Wildman–Crippen MR) is 120 cm³/mol. The van der Waals surface area contributed by atoms with Gasteiger partial charge in [-0.25, -0.2) is 0 Å². The summed E-state index contributed by atoms with van der Waals surface area (Å²) < 4.78 is 0. The molecule has 0 spiro atoms. The first-order chi connectivity index (χ1) is 13.4. The van der Waals surface area contributed by atoms with Gasteiger partial charge in [-0.05, 0) is 67.9 Å². The van der Waals surface area contributed by atoms with Crippen LogP contribution in [0.2, 0.25) is 0 Å². The van der Waals surface area contributed by atoms with Gasteiger partial charge in [-0.15, -0.1) is 0 Å². The van der Waals surface area contributed by atoms with Crippen molar-refractivity contribution in [1.29, 1.82) is 0 Å². The molecule has 2 rings (SSSR count). The van der Waals surface area contributed by atoms with E-state index in [0.29, 0.717) is 5.92 Å². The third-order valence-electron chi connectivity index (χ3n) is 5.52. The zero-order chi connectivity index (χ0) is 20.5. The second-order valence-electron chi connectivity index (χ2n) is 8.14. The normalized spacial score (nSPS) is 12.8. The van der Waals surface area contributed by atoms with Gasteiger partial charge in [0.1, 0.15) is 0 Å². The van der Waals surface area contributed by atoms with E-state index in [1.807, 2.05) is 24.3 Å². The number of benzene rings is 2. The van der Waals surface area contributed by atoms with Gasteiger partial charge in [-0.1, -0.05) is 76.1 Å². The van der Waals surface area contributed by atoms with Crippen molar-refractivity contribution in [2.45, 2.75) is 66.7 Å². The van der Waals surface area contributed by atoms with Gasteiger partial charge in [0.2, 0.25) is 0 Å². The number of hydrogen-bond donors (Lipinski definition) is 0. The fraction of sp³-hybridized carbons (Fsp3) is 0.444. The molecule has 0 amide bonds. The lowest BCUT2D eigenvalue weighted by Crippen LogP contribution is -2.08. The number of Topliss-reactive ketones (excluding diaryl/α,β-unsaturated/α-hetero) is 1. The Balaban J connectivity index is 2.03. The topological polar surface area (TPSA) is 17.1 Å². The Kier molecular flexibility index (Phi) is 8.52. The summed E-state index contributed by atoms with van der Waals surface area (Å²) in [6.07, 6.45) is 6.39. The zero-order valence-corrected chi connectivity index (χ0v) is 18.1. The second-order valence-corrected chi connectivity index (χ2v) is 8.14. The van der Waals surface area contributed by atoms with Crippen LogP contribution >= 0.6 is 0 Å². The summed E-state index contributed by atoms with van der Waals surface area (Å²) in [4.78, 5) is 11.4. The molecule has 0 saturated heterocycles. The average molecular weight is 375 g/mol. The van der Waals surface area contributed by atoms with Crippen molar-refractivity contribution in [2.24, 2.45) is 11.8 Å². The third kappa shape index (κ3) is 6.68. The molecule has 1 nitrogen and oxygen atoms in total. The van der Waals surface area contributed by atoms with Gasteiger partial charge < -0.3 is 0 Å². The van der Waals surface area contributed by atoms with E-state index in [2.05, 4.69) is 57.7 Å². The number of ketones is 1. The summed E-state index contributed by atoms with van der Waals surface area (Å²) in [5.41, 5.74) is 5.38. The van der Waals surface area contributed by atoms with E-state index in [9.17, 15) is 4.79 Å². The number of aryl methyl sites for hydroxylation is 1. The third-order valence-corrected chi connectivity index (χ3v) is 5.52. The molecule has 0 radical (unpaired) electrons. The minimum atomic E-state index is 0.0834. The number of rotatable bonds is 8. The van der Waals surface area contributed by atoms with Gasteiger partial charge in [0.05, 0.1) is 0 Å². The highest BCUT2D eigenvalue weighted by Crippen LogP contribution is 2.24. The lowest BCUT2D eigenvalue weighted by Gasteiger charge is -2.19. The van der Waals surface area contributed by atoms with Gasteiger partial charge in [0, 0.05) is 16.7 Å². The van der Waals surface area contributed by atoms with E-state index in [0.717, 1.165) is 29.0 Å². The first-order valence-electron chi connectivity index (χ1n) is 10.6. The molecule has 0 aliphatic rings. The quantitative estimate of drug-likeness (QED) is 0.359. The summed E-state index contributed by atoms with van der Waals surface area (Å²) in [7, 11) is 0. The fourth-order valence-electron chi connectivity index (χ4n) is 3.87. The van der Waals surface area contributed by atoms with Crippen LogP contribution in [-0.4, -0.2) is 5.78 Å². The second kappa shape index (κ2) is 10.9. The minimum Gasteiger partial charge on any atom is -0.295 e. The zero-order valence-electron chi connectivity index (χ0n) is 18.1. The maximum Gasteiger partial charge on any atom is 0.159 e. The van der Waals surface area contributed by atoms with Gasteiger partial charge in [0.15, 0.2) is 5.78 Å². The Morgan fingerprint density at radius 2 is 1.75 bits per heavy atom. The summed E-state index contributed by atoms with van der Waals surface area (Å²) in [6.45, 7) is 10.7. The number of carbonyl (C=O) groups is 1. The van der Waals surface area contributed by atoms with Crippen molar-refractivity contribution < 1.29 is 4.79 Å². The molecule has 0 aromatic heterocycles. The molecule has 0 heterocycles. The van der Waals surface area contributed by atoms with Crippen molar-refractivity contribution in [3.63, 3.8) is 0 Å². The van der Waals surface area contributed by atoms with Gasteiger partial charge in [-0.3, -0.25) is 4.79 Å². The molecule has 0 aliphatic heterocycles. The van der Waals surface area contributed by atoms with Crippen molar-refractivity contribution in [3.05, 3.63) is 70.3 Å². The maximum absolute atomic E-state index is 11.4. The lowest BCUT2D eigenvalue weighted by molar-refractivity contribution is 0.101. The molecule has 2 aromatic rings. The van der Waals surface area contributed by atoms with E-state index in [4.69, 9.17) is 0 Å². The monoisotopic (exact) mass is 374 g/mol. The fourth-order valence-corrected chi connectivity index (χ4v) is 3.87. The van der Waals surface area contributed by atoms with Gasteiger partial charge in [0.25, 0.3) is 0 Å². The molecule has 1 heteroatoms. The van der Waals surface area contributed by atoms with Crippen LogP contribution < -0.4 is 0 Å². The standard InChI is InChI=1S/C27H34O/c1-6-8-23(7-2)17-20(3)18-25-12-14-26(21(4)19-25)13-9-24-10-15-27(16-11-24)22(5)28/h10-12,14-16,19-20,23H,6-8,17-18H2,1-5H3. The Labute approximate surface area is 171 Å². The molecule has 2 aromatic carbocycles. The largest absolute Gasteiger partial charge is 0.295 e. The van der Waals surface area contributed by atoms with Crippen molar-refractivity contribution in [2.75, 3.05) is 0 Å². The van der Waals surface area contributed by atoms with Crippen molar-refractivity contribution in [3.8, 4) is 11.8 Å². The van der Waals surface area contributed by atoms with E-state index in [-0.39, 0.29) is 5.78 Å². The van der Waals surface area contributed by atoms with E-state index in [1.165, 1.54) is 36.8 Å². The predicted octanol–water partition coefficient (Wildman–Crippen LogP) is 6.99. The summed E-state index contributed by atoms with van der Waals surface area (Å²) in [5, 5.41) is 0. The number of carbonyl (C=O) groups excluding carboxylic acids is 1. The van der Waals surface area contributed by atoms with Crippen LogP contribution in [0.3, 0.4) is 0 Å². The molecule has 28 heavy (non-hydrogen) atoms. The molecule has 0 bridgehead atoms. The highest BCUT2D eigenvalue weighted by Gasteiger charge is 2.12. The molecule has 148 valence electrons. The Morgan fingerprint density at radius 3 is 2.32 bits per heavy atom. The molecule has 2 unspecified atom stereocenters.